The topological polar surface area (TPSA) is 18.5 Å². The fourth-order valence-electron chi connectivity index (χ4n) is 6.86. The normalized spacial score (nSPS) is 47.2. The van der Waals surface area contributed by atoms with Crippen LogP contribution in [0, 0.1) is 22.7 Å². The van der Waals surface area contributed by atoms with Crippen LogP contribution in [-0.2, 0) is 0 Å². The Morgan fingerprint density at radius 3 is 2.18 bits per heavy atom. The zero-order valence-corrected chi connectivity index (χ0v) is 13.0. The molecule has 112 valence electrons. The summed E-state index contributed by atoms with van der Waals surface area (Å²) in [5.41, 5.74) is 3.73. The Balaban J connectivity index is 1.64. The van der Waals surface area contributed by atoms with Crippen molar-refractivity contribution in [3.05, 3.63) is 47.6 Å². The van der Waals surface area contributed by atoms with E-state index in [0.29, 0.717) is 22.7 Å². The van der Waals surface area contributed by atoms with Gasteiger partial charge in [0.15, 0.2) is 0 Å². The third-order valence-corrected chi connectivity index (χ3v) is 7.52. The fraction of sp³-hybridized carbons (Fsp3) is 0.500. The molecule has 6 atom stereocenters. The average Bonchev–Trinajstić information content (AvgIpc) is 3.10. The molecule has 5 aliphatic carbocycles. The van der Waals surface area contributed by atoms with Gasteiger partial charge in [-0.1, -0.05) is 24.3 Å². The summed E-state index contributed by atoms with van der Waals surface area (Å²) in [5.74, 6) is 5.14. The van der Waals surface area contributed by atoms with Crippen molar-refractivity contribution in [2.45, 2.75) is 24.7 Å². The van der Waals surface area contributed by atoms with Crippen LogP contribution in [-0.4, -0.2) is 14.2 Å². The number of allylic oxidation sites excluding steroid dienone is 4. The van der Waals surface area contributed by atoms with Crippen LogP contribution in [0.4, 0.5) is 0 Å². The zero-order valence-electron chi connectivity index (χ0n) is 13.0. The van der Waals surface area contributed by atoms with Crippen molar-refractivity contribution in [2.75, 3.05) is 14.2 Å². The van der Waals surface area contributed by atoms with Gasteiger partial charge in [-0.2, -0.15) is 0 Å². The second kappa shape index (κ2) is 3.29. The largest absolute Gasteiger partial charge is 0.496 e. The molecule has 22 heavy (non-hydrogen) atoms. The molecule has 0 spiro atoms. The molecule has 0 radical (unpaired) electrons. The first kappa shape index (κ1) is 11.8. The number of hydrogen-bond donors (Lipinski definition) is 0. The standard InChI is InChI=1S/C20H20O2/c1-21-11-5-6-12(22-2)14-13(11)15-16-17(14)19-7-3-4-8-20(19,10-9-19)18(15)16/h3-6,9-10,15-18H,7-8H2,1-2H3/t15-,16+,17+,18-,19-,20-/m0/s1. The Morgan fingerprint density at radius 1 is 0.909 bits per heavy atom. The molecule has 2 nitrogen and oxygen atoms in total. The van der Waals surface area contributed by atoms with Crippen LogP contribution in [0.2, 0.25) is 0 Å². The third-order valence-electron chi connectivity index (χ3n) is 7.52. The SMILES string of the molecule is COc1ccc(OC)c2c1[C@H]1[C@H]3[C@H]1[C@]14C=C[C@@]1(CC=CC4)[C@H]23. The molecule has 0 amide bonds. The second-order valence-corrected chi connectivity index (χ2v) is 7.70. The summed E-state index contributed by atoms with van der Waals surface area (Å²) in [6.45, 7) is 0. The fourth-order valence-corrected chi connectivity index (χ4v) is 6.86. The maximum absolute atomic E-state index is 5.76. The summed E-state index contributed by atoms with van der Waals surface area (Å²) in [4.78, 5) is 0. The van der Waals surface area contributed by atoms with Crippen molar-refractivity contribution in [2.24, 2.45) is 22.7 Å². The highest BCUT2D eigenvalue weighted by Gasteiger charge is 2.84. The maximum Gasteiger partial charge on any atom is 0.122 e. The Bertz CT molecular complexity index is 776. The van der Waals surface area contributed by atoms with Gasteiger partial charge in [-0.05, 0) is 42.7 Å². The third kappa shape index (κ3) is 0.893. The summed E-state index contributed by atoms with van der Waals surface area (Å²) in [5, 5.41) is 0. The van der Waals surface area contributed by atoms with Gasteiger partial charge in [-0.15, -0.1) is 0 Å². The Morgan fingerprint density at radius 2 is 1.55 bits per heavy atom. The van der Waals surface area contributed by atoms with Crippen molar-refractivity contribution in [3.8, 4) is 11.5 Å². The van der Waals surface area contributed by atoms with E-state index in [9.17, 15) is 0 Å². The van der Waals surface area contributed by atoms with E-state index in [1.54, 1.807) is 14.2 Å². The smallest absolute Gasteiger partial charge is 0.122 e. The predicted octanol–water partition coefficient (Wildman–Crippen LogP) is 4.04. The number of ether oxygens (including phenoxy) is 2. The molecule has 2 heteroatoms. The van der Waals surface area contributed by atoms with E-state index in [0.717, 1.165) is 23.3 Å². The molecule has 0 heterocycles. The Labute approximate surface area is 130 Å². The van der Waals surface area contributed by atoms with Crippen molar-refractivity contribution < 1.29 is 9.47 Å². The molecule has 2 saturated carbocycles. The molecule has 1 aromatic rings. The first-order valence-electron chi connectivity index (χ1n) is 8.39. The first-order valence-corrected chi connectivity index (χ1v) is 8.39. The van der Waals surface area contributed by atoms with Gasteiger partial charge in [-0.3, -0.25) is 0 Å². The minimum Gasteiger partial charge on any atom is -0.496 e. The number of rotatable bonds is 2. The number of fused-ring (bicyclic) bond motifs is 4. The second-order valence-electron chi connectivity index (χ2n) is 7.70. The molecule has 0 N–H and O–H groups in total. The van der Waals surface area contributed by atoms with E-state index in [2.05, 4.69) is 36.4 Å². The summed E-state index contributed by atoms with van der Waals surface area (Å²) in [6, 6.07) is 4.21. The van der Waals surface area contributed by atoms with Gasteiger partial charge in [0.05, 0.1) is 14.2 Å². The number of methoxy groups -OCH3 is 2. The van der Waals surface area contributed by atoms with Crippen molar-refractivity contribution in [3.63, 3.8) is 0 Å². The molecule has 2 fully saturated rings. The predicted molar refractivity (Wildman–Crippen MR) is 84.4 cm³/mol. The molecule has 0 aliphatic heterocycles. The van der Waals surface area contributed by atoms with E-state index in [4.69, 9.17) is 9.47 Å². The van der Waals surface area contributed by atoms with Crippen LogP contribution < -0.4 is 9.47 Å². The van der Waals surface area contributed by atoms with Gasteiger partial charge < -0.3 is 9.47 Å². The maximum atomic E-state index is 5.76. The molecule has 0 unspecified atom stereocenters. The number of hydrogen-bond acceptors (Lipinski definition) is 2. The average molecular weight is 292 g/mol. The van der Waals surface area contributed by atoms with Crippen LogP contribution in [0.1, 0.15) is 35.8 Å². The monoisotopic (exact) mass is 292 g/mol. The van der Waals surface area contributed by atoms with Gasteiger partial charge in [0.2, 0.25) is 0 Å². The van der Waals surface area contributed by atoms with E-state index in [-0.39, 0.29) is 0 Å². The highest BCUT2D eigenvalue weighted by atomic mass is 16.5. The van der Waals surface area contributed by atoms with Gasteiger partial charge >= 0.3 is 0 Å². The summed E-state index contributed by atoms with van der Waals surface area (Å²) in [7, 11) is 3.61. The summed E-state index contributed by atoms with van der Waals surface area (Å²) >= 11 is 0. The number of benzene rings is 1. The summed E-state index contributed by atoms with van der Waals surface area (Å²) in [6.07, 6.45) is 12.3. The van der Waals surface area contributed by atoms with E-state index in [1.165, 1.54) is 24.0 Å². The van der Waals surface area contributed by atoms with Crippen molar-refractivity contribution >= 4 is 0 Å². The molecule has 0 saturated heterocycles. The lowest BCUT2D eigenvalue weighted by atomic mass is 9.48. The molecular weight excluding hydrogens is 272 g/mol. The molecular formula is C20H20O2. The molecule has 0 aromatic heterocycles. The van der Waals surface area contributed by atoms with Gasteiger partial charge in [0, 0.05) is 27.9 Å². The van der Waals surface area contributed by atoms with Crippen LogP contribution in [0.5, 0.6) is 11.5 Å². The van der Waals surface area contributed by atoms with Crippen LogP contribution in [0.25, 0.3) is 0 Å². The van der Waals surface area contributed by atoms with E-state index in [1.807, 2.05) is 0 Å². The van der Waals surface area contributed by atoms with Crippen molar-refractivity contribution in [1.29, 1.82) is 0 Å². The summed E-state index contributed by atoms with van der Waals surface area (Å²) < 4.78 is 11.5. The quantitative estimate of drug-likeness (QED) is 0.766. The minimum atomic E-state index is 0.360. The van der Waals surface area contributed by atoms with Gasteiger partial charge in [0.25, 0.3) is 0 Å². The minimum absolute atomic E-state index is 0.360. The molecule has 0 bridgehead atoms. The lowest BCUT2D eigenvalue weighted by molar-refractivity contribution is 0.0837. The Kier molecular flexibility index (Phi) is 1.77. The molecule has 6 rings (SSSR count). The van der Waals surface area contributed by atoms with E-state index >= 15 is 0 Å². The lowest BCUT2D eigenvalue weighted by Gasteiger charge is -2.55. The molecule has 5 aliphatic rings. The highest BCUT2D eigenvalue weighted by Crippen LogP contribution is 2.91. The van der Waals surface area contributed by atoms with Gasteiger partial charge in [0.1, 0.15) is 11.5 Å². The van der Waals surface area contributed by atoms with Gasteiger partial charge in [-0.25, -0.2) is 0 Å². The van der Waals surface area contributed by atoms with Crippen LogP contribution in [0.15, 0.2) is 36.4 Å². The molecule has 1 aromatic carbocycles. The Hall–Kier alpha value is -1.70. The van der Waals surface area contributed by atoms with Crippen molar-refractivity contribution in [1.82, 2.24) is 0 Å². The lowest BCUT2D eigenvalue weighted by Crippen LogP contribution is -2.48. The zero-order chi connectivity index (χ0) is 14.7. The highest BCUT2D eigenvalue weighted by molar-refractivity contribution is 5.67. The van der Waals surface area contributed by atoms with E-state index < -0.39 is 0 Å². The first-order chi connectivity index (χ1) is 10.8. The van der Waals surface area contributed by atoms with Crippen LogP contribution >= 0.6 is 0 Å². The van der Waals surface area contributed by atoms with Crippen LogP contribution in [0.3, 0.4) is 0 Å².